The van der Waals surface area contributed by atoms with Gasteiger partial charge < -0.3 is 5.32 Å². The first-order valence-electron chi connectivity index (χ1n) is 5.31. The molecule has 1 aromatic carbocycles. The molecule has 1 heterocycles. The molecular formula is C12H15N. The van der Waals surface area contributed by atoms with Crippen LogP contribution in [0.15, 0.2) is 18.2 Å². The van der Waals surface area contributed by atoms with Crippen LogP contribution in [0.4, 0.5) is 5.69 Å². The largest absolute Gasteiger partial charge is 0.384 e. The molecule has 1 fully saturated rings. The van der Waals surface area contributed by atoms with Crippen LogP contribution in [0.5, 0.6) is 0 Å². The van der Waals surface area contributed by atoms with Gasteiger partial charge in [-0.15, -0.1) is 0 Å². The first-order chi connectivity index (χ1) is 6.45. The van der Waals surface area contributed by atoms with Crippen LogP contribution in [-0.2, 0) is 6.42 Å². The molecule has 0 bridgehead atoms. The van der Waals surface area contributed by atoms with Crippen LogP contribution < -0.4 is 5.32 Å². The van der Waals surface area contributed by atoms with Crippen molar-refractivity contribution in [3.05, 3.63) is 29.3 Å². The summed E-state index contributed by atoms with van der Waals surface area (Å²) in [6.07, 6.45) is 5.50. The van der Waals surface area contributed by atoms with Crippen LogP contribution in [0.25, 0.3) is 0 Å². The Bertz CT molecular complexity index is 326. The van der Waals surface area contributed by atoms with Crippen molar-refractivity contribution in [2.24, 2.45) is 0 Å². The topological polar surface area (TPSA) is 12.0 Å². The molecule has 0 unspecified atom stereocenters. The lowest BCUT2D eigenvalue weighted by molar-refractivity contribution is 0.418. The summed E-state index contributed by atoms with van der Waals surface area (Å²) in [7, 11) is 0. The summed E-state index contributed by atoms with van der Waals surface area (Å²) >= 11 is 0. The van der Waals surface area contributed by atoms with Gasteiger partial charge >= 0.3 is 0 Å². The third-order valence-electron chi connectivity index (χ3n) is 3.45. The third kappa shape index (κ3) is 1.06. The smallest absolute Gasteiger partial charge is 0.0376 e. The van der Waals surface area contributed by atoms with E-state index in [9.17, 15) is 0 Å². The SMILES string of the molecule is c1cc2c(c(C3CCC3)c1)CCN2. The molecule has 1 saturated carbocycles. The molecule has 1 aliphatic carbocycles. The Hall–Kier alpha value is -0.980. The van der Waals surface area contributed by atoms with Crippen LogP contribution in [0.3, 0.4) is 0 Å². The lowest BCUT2D eigenvalue weighted by atomic mass is 9.78. The summed E-state index contributed by atoms with van der Waals surface area (Å²) in [4.78, 5) is 0. The van der Waals surface area contributed by atoms with Crippen molar-refractivity contribution < 1.29 is 0 Å². The van der Waals surface area contributed by atoms with Crippen molar-refractivity contribution in [2.45, 2.75) is 31.6 Å². The number of benzene rings is 1. The number of hydrogen-bond donors (Lipinski definition) is 1. The van der Waals surface area contributed by atoms with Gasteiger partial charge in [-0.25, -0.2) is 0 Å². The molecule has 1 aliphatic heterocycles. The van der Waals surface area contributed by atoms with Gasteiger partial charge in [-0.05, 0) is 42.4 Å². The number of anilines is 1. The van der Waals surface area contributed by atoms with Crippen LogP contribution in [-0.4, -0.2) is 6.54 Å². The predicted octanol–water partition coefficient (Wildman–Crippen LogP) is 2.92. The number of fused-ring (bicyclic) bond motifs is 1. The van der Waals surface area contributed by atoms with Gasteiger partial charge in [-0.2, -0.15) is 0 Å². The van der Waals surface area contributed by atoms with E-state index in [1.165, 1.54) is 31.4 Å². The normalized spacial score (nSPS) is 20.6. The lowest BCUT2D eigenvalue weighted by Gasteiger charge is -2.27. The monoisotopic (exact) mass is 173 g/mol. The lowest BCUT2D eigenvalue weighted by Crippen LogP contribution is -2.10. The fourth-order valence-electron chi connectivity index (χ4n) is 2.47. The molecule has 0 atom stereocenters. The second-order valence-corrected chi connectivity index (χ2v) is 4.18. The molecule has 0 spiro atoms. The van der Waals surface area contributed by atoms with Crippen molar-refractivity contribution in [3.8, 4) is 0 Å². The molecule has 3 rings (SSSR count). The van der Waals surface area contributed by atoms with E-state index in [4.69, 9.17) is 0 Å². The predicted molar refractivity (Wildman–Crippen MR) is 55.2 cm³/mol. The molecule has 1 aromatic rings. The zero-order valence-electron chi connectivity index (χ0n) is 7.84. The van der Waals surface area contributed by atoms with Gasteiger partial charge in [0.05, 0.1) is 0 Å². The van der Waals surface area contributed by atoms with Crippen LogP contribution in [0, 0.1) is 0 Å². The van der Waals surface area contributed by atoms with Crippen LogP contribution in [0.1, 0.15) is 36.3 Å². The van der Waals surface area contributed by atoms with Crippen molar-refractivity contribution in [2.75, 3.05) is 11.9 Å². The van der Waals surface area contributed by atoms with E-state index >= 15 is 0 Å². The average Bonchev–Trinajstić information content (AvgIpc) is 2.49. The van der Waals surface area contributed by atoms with E-state index in [1.807, 2.05) is 0 Å². The molecule has 0 saturated heterocycles. The second-order valence-electron chi connectivity index (χ2n) is 4.18. The summed E-state index contributed by atoms with van der Waals surface area (Å²) in [6, 6.07) is 6.74. The summed E-state index contributed by atoms with van der Waals surface area (Å²) in [5.41, 5.74) is 4.63. The number of rotatable bonds is 1. The fourth-order valence-corrected chi connectivity index (χ4v) is 2.47. The van der Waals surface area contributed by atoms with Crippen molar-refractivity contribution in [3.63, 3.8) is 0 Å². The Morgan fingerprint density at radius 2 is 2.15 bits per heavy atom. The zero-order valence-corrected chi connectivity index (χ0v) is 7.84. The standard InChI is InChI=1S/C12H15N/c1-3-9(4-1)10-5-2-6-12-11(10)7-8-13-12/h2,5-6,9,13H,1,3-4,7-8H2. The molecule has 1 nitrogen and oxygen atoms in total. The average molecular weight is 173 g/mol. The van der Waals surface area contributed by atoms with Gasteiger partial charge in [0, 0.05) is 12.2 Å². The first kappa shape index (κ1) is 7.43. The highest BCUT2D eigenvalue weighted by atomic mass is 14.9. The van der Waals surface area contributed by atoms with E-state index in [0.29, 0.717) is 0 Å². The van der Waals surface area contributed by atoms with Gasteiger partial charge in [0.25, 0.3) is 0 Å². The zero-order chi connectivity index (χ0) is 8.67. The Balaban J connectivity index is 2.04. The van der Waals surface area contributed by atoms with Crippen molar-refractivity contribution in [1.82, 2.24) is 0 Å². The Morgan fingerprint density at radius 1 is 1.23 bits per heavy atom. The van der Waals surface area contributed by atoms with Crippen molar-refractivity contribution >= 4 is 5.69 Å². The highest BCUT2D eigenvalue weighted by Gasteiger charge is 2.24. The second kappa shape index (κ2) is 2.76. The molecule has 1 heteroatoms. The van der Waals surface area contributed by atoms with Gasteiger partial charge in [0.1, 0.15) is 0 Å². The van der Waals surface area contributed by atoms with Gasteiger partial charge in [-0.3, -0.25) is 0 Å². The van der Waals surface area contributed by atoms with E-state index in [2.05, 4.69) is 23.5 Å². The molecule has 13 heavy (non-hydrogen) atoms. The summed E-state index contributed by atoms with van der Waals surface area (Å²) in [5.74, 6) is 0.884. The number of nitrogens with one attached hydrogen (secondary N) is 1. The molecule has 0 aromatic heterocycles. The van der Waals surface area contributed by atoms with E-state index in [0.717, 1.165) is 12.5 Å². The minimum absolute atomic E-state index is 0.884. The van der Waals surface area contributed by atoms with E-state index < -0.39 is 0 Å². The molecule has 2 aliphatic rings. The minimum atomic E-state index is 0.884. The fraction of sp³-hybridized carbons (Fsp3) is 0.500. The molecular weight excluding hydrogens is 158 g/mol. The molecule has 0 amide bonds. The van der Waals surface area contributed by atoms with E-state index in [-0.39, 0.29) is 0 Å². The maximum atomic E-state index is 3.44. The van der Waals surface area contributed by atoms with Gasteiger partial charge in [0.15, 0.2) is 0 Å². The quantitative estimate of drug-likeness (QED) is 0.688. The number of hydrogen-bond acceptors (Lipinski definition) is 1. The van der Waals surface area contributed by atoms with Crippen LogP contribution in [0.2, 0.25) is 0 Å². The molecule has 1 N–H and O–H groups in total. The summed E-state index contributed by atoms with van der Waals surface area (Å²) < 4.78 is 0. The van der Waals surface area contributed by atoms with E-state index in [1.54, 1.807) is 11.1 Å². The molecule has 0 radical (unpaired) electrons. The Kier molecular flexibility index (Phi) is 1.58. The third-order valence-corrected chi connectivity index (χ3v) is 3.45. The minimum Gasteiger partial charge on any atom is -0.384 e. The summed E-state index contributed by atoms with van der Waals surface area (Å²) in [6.45, 7) is 1.14. The maximum absolute atomic E-state index is 3.44. The van der Waals surface area contributed by atoms with Gasteiger partial charge in [-0.1, -0.05) is 18.6 Å². The highest BCUT2D eigenvalue weighted by molar-refractivity contribution is 5.59. The summed E-state index contributed by atoms with van der Waals surface area (Å²) in [5, 5.41) is 3.44. The van der Waals surface area contributed by atoms with Crippen molar-refractivity contribution in [1.29, 1.82) is 0 Å². The highest BCUT2D eigenvalue weighted by Crippen LogP contribution is 2.40. The molecule has 68 valence electrons. The Labute approximate surface area is 79.2 Å². The Morgan fingerprint density at radius 3 is 2.92 bits per heavy atom. The van der Waals surface area contributed by atoms with Gasteiger partial charge in [0.2, 0.25) is 0 Å². The first-order valence-corrected chi connectivity index (χ1v) is 5.31. The van der Waals surface area contributed by atoms with Crippen LogP contribution >= 0.6 is 0 Å². The maximum Gasteiger partial charge on any atom is 0.0376 e.